The van der Waals surface area contributed by atoms with Crippen LogP contribution in [0.3, 0.4) is 0 Å². The van der Waals surface area contributed by atoms with Crippen molar-refractivity contribution in [3.8, 4) is 11.3 Å². The van der Waals surface area contributed by atoms with E-state index < -0.39 is 11.7 Å². The van der Waals surface area contributed by atoms with Crippen LogP contribution in [0, 0.1) is 0 Å². The molecule has 4 heterocycles. The number of hydrogen-bond donors (Lipinski definition) is 3. The third-order valence-electron chi connectivity index (χ3n) is 7.68. The molecule has 1 unspecified atom stereocenters. The lowest BCUT2D eigenvalue weighted by molar-refractivity contribution is -0.137. The number of halogens is 3. The fourth-order valence-electron chi connectivity index (χ4n) is 5.23. The normalized spacial score (nSPS) is 20.9. The molecule has 3 aromatic rings. The second kappa shape index (κ2) is 10.3. The van der Waals surface area contributed by atoms with Gasteiger partial charge in [0.25, 0.3) is 0 Å². The lowest BCUT2D eigenvalue weighted by atomic mass is 10.1. The molecule has 12 heteroatoms. The van der Waals surface area contributed by atoms with Gasteiger partial charge >= 0.3 is 12.2 Å². The molecule has 2 atom stereocenters. The van der Waals surface area contributed by atoms with E-state index >= 15 is 0 Å². The zero-order chi connectivity index (χ0) is 28.8. The van der Waals surface area contributed by atoms with Crippen molar-refractivity contribution in [1.29, 1.82) is 0 Å². The molecular weight excluding hydrogens is 535 g/mol. The highest BCUT2D eigenvalue weighted by atomic mass is 19.4. The quantitative estimate of drug-likeness (QED) is 0.333. The van der Waals surface area contributed by atoms with Crippen LogP contribution in [0.15, 0.2) is 60.7 Å². The van der Waals surface area contributed by atoms with Crippen molar-refractivity contribution in [1.82, 2.24) is 15.7 Å². The minimum atomic E-state index is -4.47. The van der Waals surface area contributed by atoms with Gasteiger partial charge in [-0.2, -0.15) is 13.2 Å². The molecule has 6 rings (SSSR count). The molecule has 0 radical (unpaired) electrons. The average Bonchev–Trinajstić information content (AvgIpc) is 3.56. The van der Waals surface area contributed by atoms with E-state index in [1.807, 2.05) is 25.1 Å². The summed E-state index contributed by atoms with van der Waals surface area (Å²) in [5.41, 5.74) is 8.81. The standard InChI is InChI=1S/C29H29F3N7O2/c1-28(36-37-28)13-11-25(40)33-16-18-5-7-21(8-6-18)34-27(41)39-22-12-14-38(17-22)24-10-9-23(35-26(24)39)19-3-2-4-20(15-19)29(30,31)32/h2-10,15,22,36H,11-14,16-17H2,1H3,(H,33,40)(H,34,41)/q-1/t22-,28?/m0/s1. The van der Waals surface area contributed by atoms with Crippen LogP contribution in [0.1, 0.15) is 37.3 Å². The summed E-state index contributed by atoms with van der Waals surface area (Å²) in [6.07, 6.45) is -2.70. The number of alkyl halides is 3. The number of nitrogens with zero attached hydrogens (tertiary/aromatic N) is 4. The van der Waals surface area contributed by atoms with Gasteiger partial charge in [0.05, 0.1) is 23.0 Å². The van der Waals surface area contributed by atoms with E-state index in [1.54, 1.807) is 29.2 Å². The summed E-state index contributed by atoms with van der Waals surface area (Å²) >= 11 is 0. The summed E-state index contributed by atoms with van der Waals surface area (Å²) in [4.78, 5) is 34.1. The Morgan fingerprint density at radius 3 is 2.66 bits per heavy atom. The smallest absolute Gasteiger partial charge is 0.416 e. The molecule has 214 valence electrons. The van der Waals surface area contributed by atoms with Crippen molar-refractivity contribution in [2.75, 3.05) is 28.2 Å². The van der Waals surface area contributed by atoms with Crippen LogP contribution in [-0.4, -0.2) is 41.7 Å². The molecule has 2 saturated heterocycles. The van der Waals surface area contributed by atoms with Crippen LogP contribution in [0.25, 0.3) is 16.7 Å². The van der Waals surface area contributed by atoms with Crippen molar-refractivity contribution in [3.05, 3.63) is 77.2 Å². The van der Waals surface area contributed by atoms with Crippen molar-refractivity contribution < 1.29 is 22.8 Å². The fourth-order valence-corrected chi connectivity index (χ4v) is 5.23. The van der Waals surface area contributed by atoms with Crippen molar-refractivity contribution in [3.63, 3.8) is 0 Å². The van der Waals surface area contributed by atoms with Gasteiger partial charge in [-0.15, -0.1) is 0 Å². The van der Waals surface area contributed by atoms with Gasteiger partial charge in [-0.25, -0.2) is 9.78 Å². The van der Waals surface area contributed by atoms with Gasteiger partial charge in [0, 0.05) is 37.3 Å². The average molecular weight is 565 g/mol. The number of fused-ring (bicyclic) bond motifs is 4. The zero-order valence-electron chi connectivity index (χ0n) is 22.3. The lowest BCUT2D eigenvalue weighted by Crippen LogP contribution is -2.48. The number of benzene rings is 2. The third kappa shape index (κ3) is 5.84. The second-order valence-electron chi connectivity index (χ2n) is 10.8. The number of carbonyl (C=O) groups is 2. The maximum atomic E-state index is 13.5. The number of aromatic nitrogens is 1. The Labute approximate surface area is 235 Å². The van der Waals surface area contributed by atoms with E-state index in [1.165, 1.54) is 6.07 Å². The molecule has 41 heavy (non-hydrogen) atoms. The summed E-state index contributed by atoms with van der Waals surface area (Å²) < 4.78 is 39.9. The summed E-state index contributed by atoms with van der Waals surface area (Å²) in [5, 5.41) is 5.83. The number of pyridine rings is 1. The third-order valence-corrected chi connectivity index (χ3v) is 7.68. The van der Waals surface area contributed by atoms with Gasteiger partial charge in [-0.3, -0.25) is 9.69 Å². The van der Waals surface area contributed by atoms with Gasteiger partial charge in [0.15, 0.2) is 5.82 Å². The number of nitrogens with one attached hydrogen (secondary N) is 3. The summed E-state index contributed by atoms with van der Waals surface area (Å²) in [7, 11) is 0. The minimum Gasteiger partial charge on any atom is -0.582 e. The second-order valence-corrected chi connectivity index (χ2v) is 10.8. The van der Waals surface area contributed by atoms with Gasteiger partial charge < -0.3 is 26.4 Å². The molecule has 2 aromatic carbocycles. The molecule has 0 spiro atoms. The highest BCUT2D eigenvalue weighted by molar-refractivity contribution is 6.04. The maximum Gasteiger partial charge on any atom is 0.416 e. The molecule has 3 aliphatic rings. The predicted octanol–water partition coefficient (Wildman–Crippen LogP) is 5.40. The largest absolute Gasteiger partial charge is 0.582 e. The Morgan fingerprint density at radius 1 is 1.15 bits per heavy atom. The number of carbonyl (C=O) groups excluding carboxylic acids is 2. The number of rotatable bonds is 7. The highest BCUT2D eigenvalue weighted by Gasteiger charge is 2.40. The maximum absolute atomic E-state index is 13.5. The fraction of sp³-hybridized carbons (Fsp3) is 0.345. The molecule has 3 amide bonds. The van der Waals surface area contributed by atoms with E-state index in [0.29, 0.717) is 48.7 Å². The first kappa shape index (κ1) is 27.0. The number of hydrogen-bond acceptors (Lipinski definition) is 5. The van der Waals surface area contributed by atoms with Crippen molar-refractivity contribution >= 4 is 29.1 Å². The zero-order valence-corrected chi connectivity index (χ0v) is 22.3. The van der Waals surface area contributed by atoms with E-state index in [2.05, 4.69) is 31.4 Å². The number of anilines is 3. The van der Waals surface area contributed by atoms with E-state index in [-0.39, 0.29) is 23.6 Å². The van der Waals surface area contributed by atoms with E-state index in [4.69, 9.17) is 0 Å². The molecule has 1 aromatic heterocycles. The predicted molar refractivity (Wildman–Crippen MR) is 149 cm³/mol. The molecule has 0 saturated carbocycles. The molecule has 3 N–H and O–H groups in total. The summed E-state index contributed by atoms with van der Waals surface area (Å²) in [6.45, 7) is 3.72. The Morgan fingerprint density at radius 2 is 1.93 bits per heavy atom. The van der Waals surface area contributed by atoms with E-state index in [9.17, 15) is 22.8 Å². The van der Waals surface area contributed by atoms with Crippen LogP contribution < -0.4 is 25.9 Å². The molecule has 3 aliphatic heterocycles. The lowest BCUT2D eigenvalue weighted by Gasteiger charge is -2.36. The van der Waals surface area contributed by atoms with E-state index in [0.717, 1.165) is 36.3 Å². The van der Waals surface area contributed by atoms with Crippen LogP contribution >= 0.6 is 0 Å². The van der Waals surface area contributed by atoms with Crippen LogP contribution in [-0.2, 0) is 17.5 Å². The van der Waals surface area contributed by atoms with Crippen LogP contribution in [0.4, 0.5) is 35.2 Å². The molecular formula is C29H29F3N7O2-. The number of urea groups is 1. The summed E-state index contributed by atoms with van der Waals surface area (Å²) in [6, 6.07) is 15.3. The SMILES string of the molecule is CC1(CCC(=O)NCc2ccc(NC(=O)N3c4nc(-c5cccc(C(F)(F)F)c5)ccc4N4CC[C@H]3C4)cc2)[N-]N1. The van der Waals surface area contributed by atoms with Crippen LogP contribution in [0.5, 0.6) is 0 Å². The van der Waals surface area contributed by atoms with Gasteiger partial charge in [0.2, 0.25) is 5.91 Å². The highest BCUT2D eigenvalue weighted by Crippen LogP contribution is 2.41. The van der Waals surface area contributed by atoms with Gasteiger partial charge in [0.1, 0.15) is 0 Å². The van der Waals surface area contributed by atoms with Gasteiger partial charge in [-0.1, -0.05) is 36.9 Å². The Hall–Kier alpha value is -4.16. The molecule has 0 aliphatic carbocycles. The molecule has 9 nitrogen and oxygen atoms in total. The first-order chi connectivity index (χ1) is 19.6. The van der Waals surface area contributed by atoms with Crippen LogP contribution in [0.2, 0.25) is 0 Å². The Bertz CT molecular complexity index is 1470. The first-order valence-electron chi connectivity index (χ1n) is 13.5. The first-order valence-corrected chi connectivity index (χ1v) is 13.5. The summed E-state index contributed by atoms with van der Waals surface area (Å²) in [5.74, 6) is 0.368. The molecule has 2 bridgehead atoms. The minimum absolute atomic E-state index is 0.0566. The topological polar surface area (TPSA) is 114 Å². The molecule has 2 fully saturated rings. The van der Waals surface area contributed by atoms with Gasteiger partial charge in [-0.05, 0) is 54.8 Å². The number of amides is 3. The monoisotopic (exact) mass is 564 g/mol. The Balaban J connectivity index is 1.15. The van der Waals surface area contributed by atoms with Crippen molar-refractivity contribution in [2.45, 2.75) is 50.6 Å². The Kier molecular flexibility index (Phi) is 6.82. The van der Waals surface area contributed by atoms with Crippen molar-refractivity contribution in [2.24, 2.45) is 0 Å².